The normalized spacial score (nSPS) is 11.3. The number of aliphatic imine (C=N–C) groups is 1. The molecule has 0 fully saturated rings. The van der Waals surface area contributed by atoms with E-state index in [2.05, 4.69) is 90.7 Å². The molecule has 0 aliphatic carbocycles. The first-order valence-corrected chi connectivity index (χ1v) is 14.5. The zero-order valence-electron chi connectivity index (χ0n) is 23.2. The molecule has 0 saturated heterocycles. The molecule has 39 heavy (non-hydrogen) atoms. The lowest BCUT2D eigenvalue weighted by Gasteiger charge is -2.26. The van der Waals surface area contributed by atoms with Crippen molar-refractivity contribution in [2.45, 2.75) is 45.0 Å². The van der Waals surface area contributed by atoms with Gasteiger partial charge in [0.25, 0.3) is 0 Å². The van der Waals surface area contributed by atoms with Crippen LogP contribution in [0.25, 0.3) is 0 Å². The Labute approximate surface area is 237 Å². The average Bonchev–Trinajstić information content (AvgIpc) is 2.99. The van der Waals surface area contributed by atoms with Crippen LogP contribution >= 0.6 is 11.8 Å². The number of nitrogens with zero attached hydrogens (tertiary/aromatic N) is 2. The first-order chi connectivity index (χ1) is 19.2. The summed E-state index contributed by atoms with van der Waals surface area (Å²) in [5.74, 6) is 2.56. The summed E-state index contributed by atoms with van der Waals surface area (Å²) < 4.78 is 10.8. The third-order valence-corrected chi connectivity index (χ3v) is 7.61. The Morgan fingerprint density at radius 1 is 0.667 bits per heavy atom. The minimum Gasteiger partial charge on any atom is -0.497 e. The minimum absolute atomic E-state index is 0.727. The number of hydrogen-bond donors (Lipinski definition) is 0. The molecule has 0 atom stereocenters. The largest absolute Gasteiger partial charge is 0.497 e. The van der Waals surface area contributed by atoms with Crippen LogP contribution < -0.4 is 9.47 Å². The van der Waals surface area contributed by atoms with Gasteiger partial charge in [0, 0.05) is 18.8 Å². The van der Waals surface area contributed by atoms with Gasteiger partial charge in [-0.15, -0.1) is 0 Å². The Bertz CT molecular complexity index is 1240. The number of rotatable bonds is 12. The molecule has 0 saturated carbocycles. The molecular weight excluding hydrogens is 500 g/mol. The zero-order valence-corrected chi connectivity index (χ0v) is 24.0. The van der Waals surface area contributed by atoms with Gasteiger partial charge in [0.2, 0.25) is 0 Å². The quantitative estimate of drug-likeness (QED) is 0.133. The van der Waals surface area contributed by atoms with Crippen molar-refractivity contribution in [3.63, 3.8) is 0 Å². The van der Waals surface area contributed by atoms with Gasteiger partial charge < -0.3 is 14.4 Å². The molecule has 0 bridgehead atoms. The first-order valence-electron chi connectivity index (χ1n) is 13.5. The van der Waals surface area contributed by atoms with Gasteiger partial charge >= 0.3 is 0 Å². The number of benzene rings is 4. The maximum atomic E-state index is 5.39. The van der Waals surface area contributed by atoms with Gasteiger partial charge in [0.15, 0.2) is 5.17 Å². The number of hydrogen-bond acceptors (Lipinski definition) is 4. The molecule has 0 spiro atoms. The second kappa shape index (κ2) is 15.0. The van der Waals surface area contributed by atoms with Gasteiger partial charge in [0.05, 0.1) is 19.9 Å². The smallest absolute Gasteiger partial charge is 0.165 e. The van der Waals surface area contributed by atoms with Crippen molar-refractivity contribution >= 4 is 22.6 Å². The number of thioether (sulfide) groups is 1. The molecule has 0 radical (unpaired) electrons. The van der Waals surface area contributed by atoms with Crippen molar-refractivity contribution in [3.05, 3.63) is 125 Å². The number of unbranched alkanes of at least 4 members (excludes halogenated alkanes) is 1. The van der Waals surface area contributed by atoms with Crippen LogP contribution in [-0.4, -0.2) is 24.3 Å². The maximum absolute atomic E-state index is 5.39. The minimum atomic E-state index is 0.727. The van der Waals surface area contributed by atoms with E-state index < -0.39 is 0 Å². The third-order valence-electron chi connectivity index (χ3n) is 6.53. The summed E-state index contributed by atoms with van der Waals surface area (Å²) in [5, 5.41) is 0.992. The van der Waals surface area contributed by atoms with Crippen LogP contribution in [0.1, 0.15) is 42.0 Å². The Morgan fingerprint density at radius 2 is 1.21 bits per heavy atom. The SMILES string of the molecule is CCCCc1ccc(N=C(SCc2ccccc2)N(Cc2ccc(OC)cc2)Cc2ccc(OC)cc2)cc1. The Balaban J connectivity index is 1.66. The predicted molar refractivity (Wildman–Crippen MR) is 165 cm³/mol. The van der Waals surface area contributed by atoms with Crippen LogP contribution in [0.3, 0.4) is 0 Å². The molecule has 4 nitrogen and oxygen atoms in total. The van der Waals surface area contributed by atoms with Gasteiger partial charge in [-0.1, -0.05) is 91.8 Å². The summed E-state index contributed by atoms with van der Waals surface area (Å²) >= 11 is 1.78. The fraction of sp³-hybridized carbons (Fsp3) is 0.265. The molecule has 202 valence electrons. The first kappa shape index (κ1) is 28.3. The number of aryl methyl sites for hydroxylation is 1. The van der Waals surface area contributed by atoms with E-state index in [0.717, 1.165) is 47.6 Å². The summed E-state index contributed by atoms with van der Waals surface area (Å²) in [6.07, 6.45) is 3.52. The molecule has 0 aromatic heterocycles. The highest BCUT2D eigenvalue weighted by molar-refractivity contribution is 8.13. The molecule has 0 heterocycles. The van der Waals surface area contributed by atoms with Crippen molar-refractivity contribution in [3.8, 4) is 11.5 Å². The monoisotopic (exact) mass is 538 g/mol. The van der Waals surface area contributed by atoms with E-state index in [1.807, 2.05) is 24.3 Å². The van der Waals surface area contributed by atoms with Crippen LogP contribution in [0, 0.1) is 0 Å². The Kier molecular flexibility index (Phi) is 10.9. The molecule has 0 aliphatic heterocycles. The predicted octanol–water partition coefficient (Wildman–Crippen LogP) is 8.67. The van der Waals surface area contributed by atoms with E-state index in [-0.39, 0.29) is 0 Å². The van der Waals surface area contributed by atoms with Crippen molar-refractivity contribution in [1.29, 1.82) is 0 Å². The van der Waals surface area contributed by atoms with E-state index in [1.165, 1.54) is 35.1 Å². The molecule has 4 aromatic rings. The highest BCUT2D eigenvalue weighted by Crippen LogP contribution is 2.26. The summed E-state index contributed by atoms with van der Waals surface area (Å²) in [7, 11) is 3.40. The van der Waals surface area contributed by atoms with Gasteiger partial charge in [-0.25, -0.2) is 4.99 Å². The van der Waals surface area contributed by atoms with Crippen LogP contribution in [0.4, 0.5) is 5.69 Å². The van der Waals surface area contributed by atoms with E-state index in [1.54, 1.807) is 26.0 Å². The zero-order chi connectivity index (χ0) is 27.3. The van der Waals surface area contributed by atoms with Gasteiger partial charge in [-0.2, -0.15) is 0 Å². The standard InChI is InChI=1S/C34H38N2O2S/c1-4-5-9-27-12-18-31(19-13-27)35-34(39-26-30-10-7-6-8-11-30)36(24-28-14-20-32(37-2)21-15-28)25-29-16-22-33(38-3)23-17-29/h6-8,10-23H,4-5,9,24-26H2,1-3H3. The molecule has 0 N–H and O–H groups in total. The molecule has 0 amide bonds. The highest BCUT2D eigenvalue weighted by Gasteiger charge is 2.15. The number of methoxy groups -OCH3 is 2. The second-order valence-electron chi connectivity index (χ2n) is 9.49. The summed E-state index contributed by atoms with van der Waals surface area (Å²) in [5.41, 5.74) is 6.02. The molecule has 5 heteroatoms. The highest BCUT2D eigenvalue weighted by atomic mass is 32.2. The molecule has 0 aliphatic rings. The fourth-order valence-corrected chi connectivity index (χ4v) is 5.21. The fourth-order valence-electron chi connectivity index (χ4n) is 4.24. The third kappa shape index (κ3) is 8.93. The lowest BCUT2D eigenvalue weighted by molar-refractivity contribution is 0.405. The molecule has 0 unspecified atom stereocenters. The van der Waals surface area contributed by atoms with Crippen molar-refractivity contribution in [2.24, 2.45) is 4.99 Å². The Hall–Kier alpha value is -3.70. The van der Waals surface area contributed by atoms with E-state index >= 15 is 0 Å². The van der Waals surface area contributed by atoms with Crippen molar-refractivity contribution in [1.82, 2.24) is 4.90 Å². The maximum Gasteiger partial charge on any atom is 0.165 e. The van der Waals surface area contributed by atoms with E-state index in [0.29, 0.717) is 0 Å². The average molecular weight is 539 g/mol. The van der Waals surface area contributed by atoms with Crippen molar-refractivity contribution < 1.29 is 9.47 Å². The van der Waals surface area contributed by atoms with Gasteiger partial charge in [-0.05, 0) is 71.5 Å². The molecule has 4 rings (SSSR count). The van der Waals surface area contributed by atoms with Gasteiger partial charge in [0.1, 0.15) is 11.5 Å². The second-order valence-corrected chi connectivity index (χ2v) is 10.4. The summed E-state index contributed by atoms with van der Waals surface area (Å²) in [6, 6.07) is 35.9. The Morgan fingerprint density at radius 3 is 1.72 bits per heavy atom. The van der Waals surface area contributed by atoms with Crippen molar-refractivity contribution in [2.75, 3.05) is 14.2 Å². The molecule has 4 aromatic carbocycles. The van der Waals surface area contributed by atoms with E-state index in [9.17, 15) is 0 Å². The van der Waals surface area contributed by atoms with Crippen LogP contribution in [0.2, 0.25) is 0 Å². The lowest BCUT2D eigenvalue weighted by Crippen LogP contribution is -2.28. The van der Waals surface area contributed by atoms with Crippen LogP contribution in [0.5, 0.6) is 11.5 Å². The molecular formula is C34H38N2O2S. The van der Waals surface area contributed by atoms with Crippen LogP contribution in [-0.2, 0) is 25.3 Å². The van der Waals surface area contributed by atoms with Crippen LogP contribution in [0.15, 0.2) is 108 Å². The topological polar surface area (TPSA) is 34.1 Å². The number of ether oxygens (including phenoxy) is 2. The lowest BCUT2D eigenvalue weighted by atomic mass is 10.1. The van der Waals surface area contributed by atoms with Gasteiger partial charge in [-0.3, -0.25) is 0 Å². The number of amidine groups is 1. The summed E-state index contributed by atoms with van der Waals surface area (Å²) in [4.78, 5) is 7.57. The summed E-state index contributed by atoms with van der Waals surface area (Å²) in [6.45, 7) is 3.69. The van der Waals surface area contributed by atoms with E-state index in [4.69, 9.17) is 14.5 Å².